The Labute approximate surface area is 131 Å². The Morgan fingerprint density at radius 2 is 1.52 bits per heavy atom. The third kappa shape index (κ3) is 2.48. The molecule has 1 fully saturated rings. The van der Waals surface area contributed by atoms with Crippen molar-refractivity contribution < 1.29 is 22.6 Å². The standard InChI is InChI=1S/C17H14F3NO2/c18-17(19,20)11-9-12(21-7-3-4-8-21)16-15(10-11)22-13-5-1-2-6-14(13)23-16/h1-2,5-6,9-10H,3-4,7-8H2. The summed E-state index contributed by atoms with van der Waals surface area (Å²) in [7, 11) is 0. The molecule has 3 nitrogen and oxygen atoms in total. The molecule has 0 radical (unpaired) electrons. The van der Waals surface area contributed by atoms with Crippen LogP contribution in [-0.4, -0.2) is 13.1 Å². The minimum Gasteiger partial charge on any atom is -0.449 e. The van der Waals surface area contributed by atoms with Gasteiger partial charge in [-0.05, 0) is 37.1 Å². The van der Waals surface area contributed by atoms with E-state index >= 15 is 0 Å². The minimum atomic E-state index is -4.43. The molecule has 1 saturated heterocycles. The Bertz CT molecular complexity index is 752. The first-order chi connectivity index (χ1) is 11.0. The van der Waals surface area contributed by atoms with Gasteiger partial charge >= 0.3 is 6.18 Å². The van der Waals surface area contributed by atoms with Gasteiger partial charge in [0.2, 0.25) is 0 Å². The number of hydrogen-bond donors (Lipinski definition) is 0. The molecule has 2 aromatic carbocycles. The second-order valence-corrected chi connectivity index (χ2v) is 5.67. The summed E-state index contributed by atoms with van der Waals surface area (Å²) < 4.78 is 51.1. The van der Waals surface area contributed by atoms with Gasteiger partial charge in [0.25, 0.3) is 0 Å². The molecule has 23 heavy (non-hydrogen) atoms. The van der Waals surface area contributed by atoms with E-state index in [1.165, 1.54) is 0 Å². The van der Waals surface area contributed by atoms with Crippen LogP contribution >= 0.6 is 0 Å². The molecule has 120 valence electrons. The summed E-state index contributed by atoms with van der Waals surface area (Å²) in [4.78, 5) is 1.92. The predicted molar refractivity (Wildman–Crippen MR) is 79.5 cm³/mol. The topological polar surface area (TPSA) is 21.7 Å². The Balaban J connectivity index is 1.85. The van der Waals surface area contributed by atoms with Crippen molar-refractivity contribution in [3.63, 3.8) is 0 Å². The third-order valence-electron chi connectivity index (χ3n) is 4.09. The highest BCUT2D eigenvalue weighted by Crippen LogP contribution is 2.52. The van der Waals surface area contributed by atoms with Crippen molar-refractivity contribution in [2.45, 2.75) is 19.0 Å². The van der Waals surface area contributed by atoms with Gasteiger partial charge in [0, 0.05) is 13.1 Å². The van der Waals surface area contributed by atoms with Crippen molar-refractivity contribution in [1.29, 1.82) is 0 Å². The van der Waals surface area contributed by atoms with Crippen molar-refractivity contribution >= 4 is 5.69 Å². The summed E-state index contributed by atoms with van der Waals surface area (Å²) in [5, 5.41) is 0. The Morgan fingerprint density at radius 3 is 2.17 bits per heavy atom. The van der Waals surface area contributed by atoms with E-state index in [0.717, 1.165) is 38.1 Å². The van der Waals surface area contributed by atoms with E-state index in [4.69, 9.17) is 9.47 Å². The monoisotopic (exact) mass is 321 g/mol. The highest BCUT2D eigenvalue weighted by molar-refractivity contribution is 5.71. The van der Waals surface area contributed by atoms with Gasteiger partial charge in [-0.3, -0.25) is 0 Å². The normalized spacial score (nSPS) is 16.4. The van der Waals surface area contributed by atoms with Crippen LogP contribution in [0.5, 0.6) is 23.0 Å². The average molecular weight is 321 g/mol. The van der Waals surface area contributed by atoms with Gasteiger partial charge in [0.15, 0.2) is 23.0 Å². The number of nitrogens with zero attached hydrogens (tertiary/aromatic N) is 1. The molecule has 0 aliphatic carbocycles. The van der Waals surface area contributed by atoms with Gasteiger partial charge in [0.1, 0.15) is 0 Å². The molecule has 2 aliphatic rings. The molecule has 2 heterocycles. The van der Waals surface area contributed by atoms with Gasteiger partial charge in [-0.2, -0.15) is 13.2 Å². The summed E-state index contributed by atoms with van der Waals surface area (Å²) in [5.41, 5.74) is -0.275. The average Bonchev–Trinajstić information content (AvgIpc) is 3.05. The van der Waals surface area contributed by atoms with Gasteiger partial charge in [-0.15, -0.1) is 0 Å². The fourth-order valence-corrected chi connectivity index (χ4v) is 2.97. The highest BCUT2D eigenvalue weighted by Gasteiger charge is 2.35. The summed E-state index contributed by atoms with van der Waals surface area (Å²) in [6, 6.07) is 9.12. The van der Waals surface area contributed by atoms with Crippen molar-refractivity contribution in [3.8, 4) is 23.0 Å². The van der Waals surface area contributed by atoms with E-state index in [9.17, 15) is 13.2 Å². The zero-order valence-corrected chi connectivity index (χ0v) is 12.2. The lowest BCUT2D eigenvalue weighted by Crippen LogP contribution is -2.20. The Kier molecular flexibility index (Phi) is 3.14. The Hall–Kier alpha value is -2.37. The smallest absolute Gasteiger partial charge is 0.416 e. The fourth-order valence-electron chi connectivity index (χ4n) is 2.97. The van der Waals surface area contributed by atoms with Crippen LogP contribution in [0.1, 0.15) is 18.4 Å². The maximum Gasteiger partial charge on any atom is 0.416 e. The van der Waals surface area contributed by atoms with Crippen LogP contribution in [-0.2, 0) is 6.18 Å². The summed E-state index contributed by atoms with van der Waals surface area (Å²) in [6.07, 6.45) is -2.51. The molecule has 0 amide bonds. The first kappa shape index (κ1) is 14.2. The van der Waals surface area contributed by atoms with Crippen molar-refractivity contribution in [2.24, 2.45) is 0 Å². The molecule has 0 atom stereocenters. The number of para-hydroxylation sites is 2. The molecule has 0 saturated carbocycles. The van der Waals surface area contributed by atoms with Crippen LogP contribution in [0, 0.1) is 0 Å². The van der Waals surface area contributed by atoms with E-state index in [2.05, 4.69) is 0 Å². The van der Waals surface area contributed by atoms with E-state index in [0.29, 0.717) is 22.9 Å². The lowest BCUT2D eigenvalue weighted by molar-refractivity contribution is -0.137. The van der Waals surface area contributed by atoms with E-state index in [1.807, 2.05) is 4.90 Å². The molecule has 0 aromatic heterocycles. The summed E-state index contributed by atoms with van der Waals surface area (Å²) in [5.74, 6) is 1.41. The number of fused-ring (bicyclic) bond motifs is 2. The first-order valence-corrected chi connectivity index (χ1v) is 7.47. The first-order valence-electron chi connectivity index (χ1n) is 7.47. The second kappa shape index (κ2) is 5.08. The zero-order valence-electron chi connectivity index (χ0n) is 12.2. The molecule has 2 aromatic rings. The molecule has 2 aliphatic heterocycles. The van der Waals surface area contributed by atoms with E-state index in [1.54, 1.807) is 24.3 Å². The Morgan fingerprint density at radius 1 is 0.870 bits per heavy atom. The van der Waals surface area contributed by atoms with Gasteiger partial charge in [-0.25, -0.2) is 0 Å². The molecular formula is C17H14F3NO2. The SMILES string of the molecule is FC(F)(F)c1cc2c(c(N3CCCC3)c1)Oc1ccccc1O2. The van der Waals surface area contributed by atoms with Crippen LogP contribution in [0.4, 0.5) is 18.9 Å². The highest BCUT2D eigenvalue weighted by atomic mass is 19.4. The summed E-state index contributed by atoms with van der Waals surface area (Å²) in [6.45, 7) is 1.44. The van der Waals surface area contributed by atoms with Crippen LogP contribution in [0.3, 0.4) is 0 Å². The number of ether oxygens (including phenoxy) is 2. The van der Waals surface area contributed by atoms with Crippen LogP contribution < -0.4 is 14.4 Å². The largest absolute Gasteiger partial charge is 0.449 e. The number of benzene rings is 2. The molecule has 0 N–H and O–H groups in total. The maximum absolute atomic E-state index is 13.2. The quantitative estimate of drug-likeness (QED) is 0.614. The third-order valence-corrected chi connectivity index (χ3v) is 4.09. The number of hydrogen-bond acceptors (Lipinski definition) is 3. The van der Waals surface area contributed by atoms with E-state index < -0.39 is 11.7 Å². The van der Waals surface area contributed by atoms with Gasteiger partial charge in [0.05, 0.1) is 11.3 Å². The zero-order chi connectivity index (χ0) is 16.0. The molecular weight excluding hydrogens is 307 g/mol. The van der Waals surface area contributed by atoms with Crippen molar-refractivity contribution in [1.82, 2.24) is 0 Å². The van der Waals surface area contributed by atoms with Crippen molar-refractivity contribution in [2.75, 3.05) is 18.0 Å². The van der Waals surface area contributed by atoms with Crippen LogP contribution in [0.25, 0.3) is 0 Å². The number of alkyl halides is 3. The fraction of sp³-hybridized carbons (Fsp3) is 0.294. The maximum atomic E-state index is 13.2. The minimum absolute atomic E-state index is 0.112. The predicted octanol–water partition coefficient (Wildman–Crippen LogP) is 5.20. The van der Waals surface area contributed by atoms with E-state index in [-0.39, 0.29) is 5.75 Å². The lowest BCUT2D eigenvalue weighted by atomic mass is 10.1. The number of anilines is 1. The van der Waals surface area contributed by atoms with Gasteiger partial charge in [-0.1, -0.05) is 12.1 Å². The molecule has 0 unspecified atom stereocenters. The molecule has 4 rings (SSSR count). The molecule has 0 bridgehead atoms. The number of halogens is 3. The van der Waals surface area contributed by atoms with Crippen LogP contribution in [0.15, 0.2) is 36.4 Å². The summed E-state index contributed by atoms with van der Waals surface area (Å²) >= 11 is 0. The number of rotatable bonds is 1. The second-order valence-electron chi connectivity index (χ2n) is 5.67. The van der Waals surface area contributed by atoms with Gasteiger partial charge < -0.3 is 14.4 Å². The molecule has 6 heteroatoms. The van der Waals surface area contributed by atoms with Crippen molar-refractivity contribution in [3.05, 3.63) is 42.0 Å². The molecule has 0 spiro atoms. The van der Waals surface area contributed by atoms with Crippen LogP contribution in [0.2, 0.25) is 0 Å². The lowest BCUT2D eigenvalue weighted by Gasteiger charge is -2.28.